The third kappa shape index (κ3) is 3.00. The zero-order valence-corrected chi connectivity index (χ0v) is 10.1. The van der Waals surface area contributed by atoms with Gasteiger partial charge in [0.05, 0.1) is 0 Å². The Morgan fingerprint density at radius 1 is 1.50 bits per heavy atom. The van der Waals surface area contributed by atoms with Crippen LogP contribution in [0.5, 0.6) is 0 Å². The monoisotopic (exact) mass is 231 g/mol. The lowest BCUT2D eigenvalue weighted by molar-refractivity contribution is -0.121. The molecule has 0 bridgehead atoms. The summed E-state index contributed by atoms with van der Waals surface area (Å²) in [6, 6.07) is 4.00. The number of alkyl halides is 1. The van der Waals surface area contributed by atoms with E-state index in [1.54, 1.807) is 11.3 Å². The maximum atomic E-state index is 11.5. The second-order valence-corrected chi connectivity index (χ2v) is 5.23. The highest BCUT2D eigenvalue weighted by Gasteiger charge is 2.19. The minimum absolute atomic E-state index is 0.122. The maximum Gasteiger partial charge on any atom is 0.243 e. The Morgan fingerprint density at radius 3 is 2.57 bits per heavy atom. The topological polar surface area (TPSA) is 29.1 Å². The Bertz CT molecular complexity index is 322. The zero-order chi connectivity index (χ0) is 10.7. The standard InChI is InChI=1S/C10H14ClNOS/c1-6(2)12-10(13)9(11)8-5-4-7(3)14-8/h4-6,9H,1-3H3,(H,12,13). The van der Waals surface area contributed by atoms with Crippen LogP contribution in [0.25, 0.3) is 0 Å². The van der Waals surface area contributed by atoms with Crippen molar-refractivity contribution in [2.45, 2.75) is 32.2 Å². The molecule has 0 aliphatic carbocycles. The molecule has 0 saturated heterocycles. The summed E-state index contributed by atoms with van der Waals surface area (Å²) in [5.74, 6) is -0.122. The number of hydrogen-bond donors (Lipinski definition) is 1. The molecular formula is C10H14ClNOS. The number of carbonyl (C=O) groups is 1. The van der Waals surface area contributed by atoms with Gasteiger partial charge >= 0.3 is 0 Å². The zero-order valence-electron chi connectivity index (χ0n) is 8.50. The molecule has 1 N–H and O–H groups in total. The van der Waals surface area contributed by atoms with Crippen molar-refractivity contribution in [2.24, 2.45) is 0 Å². The maximum absolute atomic E-state index is 11.5. The van der Waals surface area contributed by atoms with Crippen LogP contribution in [-0.2, 0) is 4.79 Å². The van der Waals surface area contributed by atoms with Crippen molar-refractivity contribution in [3.05, 3.63) is 21.9 Å². The summed E-state index contributed by atoms with van der Waals surface area (Å²) in [6.45, 7) is 5.83. The van der Waals surface area contributed by atoms with Gasteiger partial charge in [-0.2, -0.15) is 0 Å². The lowest BCUT2D eigenvalue weighted by Crippen LogP contribution is -2.32. The molecule has 4 heteroatoms. The lowest BCUT2D eigenvalue weighted by Gasteiger charge is -2.11. The van der Waals surface area contributed by atoms with Crippen molar-refractivity contribution in [3.8, 4) is 0 Å². The van der Waals surface area contributed by atoms with E-state index in [2.05, 4.69) is 5.32 Å². The molecule has 1 aromatic heterocycles. The molecule has 0 fully saturated rings. The Hall–Kier alpha value is -0.540. The molecular weight excluding hydrogens is 218 g/mol. The quantitative estimate of drug-likeness (QED) is 0.797. The highest BCUT2D eigenvalue weighted by molar-refractivity contribution is 7.12. The third-order valence-corrected chi connectivity index (χ3v) is 3.30. The van der Waals surface area contributed by atoms with Crippen molar-refractivity contribution in [2.75, 3.05) is 0 Å². The normalized spacial score (nSPS) is 12.9. The summed E-state index contributed by atoms with van der Waals surface area (Å²) < 4.78 is 0. The Labute approximate surface area is 93.3 Å². The predicted molar refractivity (Wildman–Crippen MR) is 60.9 cm³/mol. The molecule has 0 aromatic carbocycles. The third-order valence-electron chi connectivity index (χ3n) is 1.67. The number of halogens is 1. The summed E-state index contributed by atoms with van der Waals surface area (Å²) in [5.41, 5.74) is 0. The highest BCUT2D eigenvalue weighted by Crippen LogP contribution is 2.27. The number of aryl methyl sites for hydroxylation is 1. The van der Waals surface area contributed by atoms with Crippen molar-refractivity contribution in [3.63, 3.8) is 0 Å². The number of hydrogen-bond acceptors (Lipinski definition) is 2. The fourth-order valence-corrected chi connectivity index (χ4v) is 2.20. The largest absolute Gasteiger partial charge is 0.352 e. The number of rotatable bonds is 3. The van der Waals surface area contributed by atoms with Crippen LogP contribution in [0.4, 0.5) is 0 Å². The molecule has 0 spiro atoms. The lowest BCUT2D eigenvalue weighted by atomic mass is 10.3. The first-order valence-electron chi connectivity index (χ1n) is 4.51. The predicted octanol–water partition coefficient (Wildman–Crippen LogP) is 2.86. The van der Waals surface area contributed by atoms with Crippen LogP contribution in [0, 0.1) is 6.92 Å². The van der Waals surface area contributed by atoms with E-state index in [9.17, 15) is 4.79 Å². The van der Waals surface area contributed by atoms with Gasteiger partial charge in [0.2, 0.25) is 5.91 Å². The molecule has 0 saturated carbocycles. The van der Waals surface area contributed by atoms with Crippen LogP contribution in [0.1, 0.15) is 29.0 Å². The molecule has 1 atom stereocenters. The van der Waals surface area contributed by atoms with E-state index in [-0.39, 0.29) is 11.9 Å². The first kappa shape index (κ1) is 11.5. The van der Waals surface area contributed by atoms with E-state index in [1.165, 1.54) is 4.88 Å². The van der Waals surface area contributed by atoms with Gasteiger partial charge in [-0.1, -0.05) is 0 Å². The summed E-state index contributed by atoms with van der Waals surface area (Å²) in [5, 5.41) is 2.23. The van der Waals surface area contributed by atoms with Crippen molar-refractivity contribution >= 4 is 28.8 Å². The smallest absolute Gasteiger partial charge is 0.243 e. The van der Waals surface area contributed by atoms with Crippen molar-refractivity contribution in [1.82, 2.24) is 5.32 Å². The van der Waals surface area contributed by atoms with Crippen LogP contribution < -0.4 is 5.32 Å². The van der Waals surface area contributed by atoms with Gasteiger partial charge in [-0.15, -0.1) is 22.9 Å². The van der Waals surface area contributed by atoms with Gasteiger partial charge in [-0.05, 0) is 32.9 Å². The molecule has 1 amide bonds. The molecule has 1 rings (SSSR count). The summed E-state index contributed by atoms with van der Waals surface area (Å²) in [7, 11) is 0. The molecule has 0 aliphatic heterocycles. The highest BCUT2D eigenvalue weighted by atomic mass is 35.5. The van der Waals surface area contributed by atoms with Crippen LogP contribution in [0.2, 0.25) is 0 Å². The first-order valence-corrected chi connectivity index (χ1v) is 5.76. The van der Waals surface area contributed by atoms with Gasteiger partial charge in [0.15, 0.2) is 0 Å². The van der Waals surface area contributed by atoms with Crippen LogP contribution >= 0.6 is 22.9 Å². The second kappa shape index (κ2) is 4.80. The SMILES string of the molecule is Cc1ccc(C(Cl)C(=O)NC(C)C)s1. The van der Waals surface area contributed by atoms with E-state index in [0.29, 0.717) is 0 Å². The molecule has 1 aromatic rings. The first-order chi connectivity index (χ1) is 6.50. The van der Waals surface area contributed by atoms with Gasteiger partial charge in [-0.3, -0.25) is 4.79 Å². The molecule has 14 heavy (non-hydrogen) atoms. The van der Waals surface area contributed by atoms with Gasteiger partial charge < -0.3 is 5.32 Å². The second-order valence-electron chi connectivity index (χ2n) is 3.47. The van der Waals surface area contributed by atoms with E-state index >= 15 is 0 Å². The summed E-state index contributed by atoms with van der Waals surface area (Å²) >= 11 is 7.57. The van der Waals surface area contributed by atoms with Crippen molar-refractivity contribution < 1.29 is 4.79 Å². The van der Waals surface area contributed by atoms with Gasteiger partial charge in [0.25, 0.3) is 0 Å². The minimum atomic E-state index is -0.559. The number of nitrogens with one attached hydrogen (secondary N) is 1. The molecule has 1 heterocycles. The number of thiophene rings is 1. The van der Waals surface area contributed by atoms with Crippen LogP contribution in [0.3, 0.4) is 0 Å². The van der Waals surface area contributed by atoms with E-state index in [1.807, 2.05) is 32.9 Å². The molecule has 78 valence electrons. The molecule has 2 nitrogen and oxygen atoms in total. The summed E-state index contributed by atoms with van der Waals surface area (Å²) in [4.78, 5) is 13.6. The Balaban J connectivity index is 2.65. The summed E-state index contributed by atoms with van der Waals surface area (Å²) in [6.07, 6.45) is 0. The van der Waals surface area contributed by atoms with Crippen LogP contribution in [-0.4, -0.2) is 11.9 Å². The van der Waals surface area contributed by atoms with Crippen LogP contribution in [0.15, 0.2) is 12.1 Å². The molecule has 1 unspecified atom stereocenters. The fourth-order valence-electron chi connectivity index (χ4n) is 1.08. The van der Waals surface area contributed by atoms with E-state index < -0.39 is 5.38 Å². The number of amides is 1. The van der Waals surface area contributed by atoms with E-state index in [4.69, 9.17) is 11.6 Å². The Morgan fingerprint density at radius 2 is 2.14 bits per heavy atom. The van der Waals surface area contributed by atoms with Gasteiger partial charge in [0, 0.05) is 15.8 Å². The van der Waals surface area contributed by atoms with Gasteiger partial charge in [-0.25, -0.2) is 0 Å². The van der Waals surface area contributed by atoms with Gasteiger partial charge in [0.1, 0.15) is 5.38 Å². The molecule has 0 radical (unpaired) electrons. The average molecular weight is 232 g/mol. The molecule has 0 aliphatic rings. The Kier molecular flexibility index (Phi) is 3.96. The number of carbonyl (C=O) groups excluding carboxylic acids is 1. The minimum Gasteiger partial charge on any atom is -0.352 e. The fraction of sp³-hybridized carbons (Fsp3) is 0.500. The van der Waals surface area contributed by atoms with Crippen molar-refractivity contribution in [1.29, 1.82) is 0 Å². The average Bonchev–Trinajstić information content (AvgIpc) is 2.49. The van der Waals surface area contributed by atoms with E-state index in [0.717, 1.165) is 4.88 Å².